The summed E-state index contributed by atoms with van der Waals surface area (Å²) >= 11 is 0. The van der Waals surface area contributed by atoms with Crippen LogP contribution in [0, 0.1) is 0 Å². The molecule has 2 amide bonds. The van der Waals surface area contributed by atoms with Crippen molar-refractivity contribution >= 4 is 17.7 Å². The molecule has 7 heteroatoms. The number of hydrogen-bond acceptors (Lipinski definition) is 5. The summed E-state index contributed by atoms with van der Waals surface area (Å²) in [5.74, 6) is 0.630. The minimum absolute atomic E-state index is 0.0356. The molecule has 0 radical (unpaired) electrons. The van der Waals surface area contributed by atoms with Crippen LogP contribution in [0.1, 0.15) is 41.7 Å². The van der Waals surface area contributed by atoms with E-state index in [1.807, 2.05) is 18.2 Å². The van der Waals surface area contributed by atoms with E-state index in [1.165, 1.54) is 0 Å². The van der Waals surface area contributed by atoms with E-state index in [-0.39, 0.29) is 18.6 Å². The van der Waals surface area contributed by atoms with Gasteiger partial charge in [-0.2, -0.15) is 0 Å². The number of benzene rings is 2. The van der Waals surface area contributed by atoms with Crippen LogP contribution in [0.4, 0.5) is 10.5 Å². The summed E-state index contributed by atoms with van der Waals surface area (Å²) in [7, 11) is 1.67. The van der Waals surface area contributed by atoms with Gasteiger partial charge in [-0.25, -0.2) is 4.79 Å². The molecule has 0 aromatic heterocycles. The smallest absolute Gasteiger partial charge is 0.411 e. The Hall–Kier alpha value is -3.06. The number of amides is 2. The Morgan fingerprint density at radius 3 is 2.60 bits per heavy atom. The van der Waals surface area contributed by atoms with Gasteiger partial charge < -0.3 is 14.8 Å². The minimum Gasteiger partial charge on any atom is -0.496 e. The van der Waals surface area contributed by atoms with E-state index in [9.17, 15) is 9.59 Å². The first-order valence-electron chi connectivity index (χ1n) is 10.3. The number of para-hydroxylation sites is 1. The summed E-state index contributed by atoms with van der Waals surface area (Å²) in [4.78, 5) is 26.8. The molecular weight excluding hydrogens is 382 g/mol. The molecule has 2 aromatic rings. The number of nitrogens with one attached hydrogen (secondary N) is 2. The molecule has 1 aliphatic heterocycles. The van der Waals surface area contributed by atoms with Gasteiger partial charge in [0.05, 0.1) is 19.8 Å². The normalized spacial score (nSPS) is 14.7. The van der Waals surface area contributed by atoms with Crippen LogP contribution < -0.4 is 15.4 Å². The summed E-state index contributed by atoms with van der Waals surface area (Å²) in [5.41, 5.74) is 2.06. The van der Waals surface area contributed by atoms with Gasteiger partial charge in [0.2, 0.25) is 0 Å². The molecule has 0 spiro atoms. The summed E-state index contributed by atoms with van der Waals surface area (Å²) in [6.45, 7) is 4.48. The van der Waals surface area contributed by atoms with E-state index in [1.54, 1.807) is 38.3 Å². The number of nitrogens with zero attached hydrogens (tertiary/aromatic N) is 1. The van der Waals surface area contributed by atoms with Crippen molar-refractivity contribution in [3.63, 3.8) is 0 Å². The second-order valence-corrected chi connectivity index (χ2v) is 7.14. The van der Waals surface area contributed by atoms with Gasteiger partial charge >= 0.3 is 6.09 Å². The van der Waals surface area contributed by atoms with Crippen LogP contribution in [-0.2, 0) is 4.74 Å². The summed E-state index contributed by atoms with van der Waals surface area (Å²) < 4.78 is 10.4. The third kappa shape index (κ3) is 5.51. The minimum atomic E-state index is -0.541. The molecule has 7 nitrogen and oxygen atoms in total. The monoisotopic (exact) mass is 411 g/mol. The van der Waals surface area contributed by atoms with Crippen molar-refractivity contribution < 1.29 is 19.1 Å². The van der Waals surface area contributed by atoms with Crippen molar-refractivity contribution in [2.75, 3.05) is 38.7 Å². The second kappa shape index (κ2) is 10.6. The number of likely N-dealkylation sites (tertiary alicyclic amines) is 1. The maximum atomic E-state index is 12.8. The molecular formula is C23H29N3O4. The topological polar surface area (TPSA) is 79.9 Å². The van der Waals surface area contributed by atoms with E-state index in [4.69, 9.17) is 9.47 Å². The van der Waals surface area contributed by atoms with E-state index in [2.05, 4.69) is 21.6 Å². The van der Waals surface area contributed by atoms with Crippen LogP contribution in [-0.4, -0.2) is 50.3 Å². The van der Waals surface area contributed by atoms with Gasteiger partial charge in [-0.3, -0.25) is 15.0 Å². The van der Waals surface area contributed by atoms with Crippen molar-refractivity contribution in [3.05, 3.63) is 59.7 Å². The van der Waals surface area contributed by atoms with Crippen LogP contribution in [0.2, 0.25) is 0 Å². The maximum absolute atomic E-state index is 12.8. The number of carbonyl (C=O) groups is 2. The third-order valence-electron chi connectivity index (χ3n) is 5.18. The van der Waals surface area contributed by atoms with Crippen LogP contribution in [0.5, 0.6) is 5.75 Å². The predicted octanol–water partition coefficient (Wildman–Crippen LogP) is 3.83. The molecule has 1 aliphatic rings. The fourth-order valence-electron chi connectivity index (χ4n) is 3.75. The zero-order valence-corrected chi connectivity index (χ0v) is 17.5. The molecule has 0 bridgehead atoms. The summed E-state index contributed by atoms with van der Waals surface area (Å²) in [5, 5.41) is 5.67. The quantitative estimate of drug-likeness (QED) is 0.690. The Balaban J connectivity index is 1.71. The number of rotatable bonds is 8. The van der Waals surface area contributed by atoms with E-state index in [0.717, 1.165) is 37.2 Å². The Morgan fingerprint density at radius 2 is 1.87 bits per heavy atom. The van der Waals surface area contributed by atoms with Crippen LogP contribution >= 0.6 is 0 Å². The number of ether oxygens (including phenoxy) is 2. The molecule has 0 aliphatic carbocycles. The SMILES string of the molecule is CCOC(=O)Nc1cccc(C(=O)NCC(c2ccccc2OC)N2CCCC2)c1. The first-order valence-corrected chi connectivity index (χ1v) is 10.3. The van der Waals surface area contributed by atoms with E-state index in [0.29, 0.717) is 17.8 Å². The van der Waals surface area contributed by atoms with Gasteiger partial charge in [0.15, 0.2) is 0 Å². The zero-order valence-electron chi connectivity index (χ0n) is 17.5. The van der Waals surface area contributed by atoms with Gasteiger partial charge in [0.25, 0.3) is 5.91 Å². The number of methoxy groups -OCH3 is 1. The summed E-state index contributed by atoms with van der Waals surface area (Å²) in [6, 6.07) is 14.8. The highest BCUT2D eigenvalue weighted by Gasteiger charge is 2.26. The molecule has 3 rings (SSSR count). The molecule has 1 saturated heterocycles. The molecule has 0 saturated carbocycles. The number of hydrogen-bond donors (Lipinski definition) is 2. The Morgan fingerprint density at radius 1 is 1.10 bits per heavy atom. The Kier molecular flexibility index (Phi) is 7.68. The standard InChI is InChI=1S/C23H29N3O4/c1-3-30-23(28)25-18-10-8-9-17(15-18)22(27)24-16-20(26-13-6-7-14-26)19-11-4-5-12-21(19)29-2/h4-5,8-12,15,20H,3,6-7,13-14,16H2,1-2H3,(H,24,27)(H,25,28). The van der Waals surface area contributed by atoms with Gasteiger partial charge in [-0.05, 0) is 57.1 Å². The first-order chi connectivity index (χ1) is 14.6. The molecule has 30 heavy (non-hydrogen) atoms. The van der Waals surface area contributed by atoms with Crippen LogP contribution in [0.3, 0.4) is 0 Å². The lowest BCUT2D eigenvalue weighted by Crippen LogP contribution is -2.37. The molecule has 2 N–H and O–H groups in total. The molecule has 2 aromatic carbocycles. The van der Waals surface area contributed by atoms with Crippen molar-refractivity contribution in [2.24, 2.45) is 0 Å². The third-order valence-corrected chi connectivity index (χ3v) is 5.18. The Bertz CT molecular complexity index is 865. The van der Waals surface area contributed by atoms with Gasteiger partial charge in [-0.15, -0.1) is 0 Å². The average Bonchev–Trinajstić information content (AvgIpc) is 3.29. The fourth-order valence-corrected chi connectivity index (χ4v) is 3.75. The van der Waals surface area contributed by atoms with Gasteiger partial charge in [0, 0.05) is 23.4 Å². The molecule has 160 valence electrons. The molecule has 1 heterocycles. The second-order valence-electron chi connectivity index (χ2n) is 7.14. The molecule has 1 unspecified atom stereocenters. The largest absolute Gasteiger partial charge is 0.496 e. The van der Waals surface area contributed by atoms with Gasteiger partial charge in [-0.1, -0.05) is 24.3 Å². The van der Waals surface area contributed by atoms with E-state index >= 15 is 0 Å². The zero-order chi connectivity index (χ0) is 21.3. The lowest BCUT2D eigenvalue weighted by atomic mass is 10.0. The average molecular weight is 412 g/mol. The van der Waals surface area contributed by atoms with Crippen molar-refractivity contribution in [2.45, 2.75) is 25.8 Å². The van der Waals surface area contributed by atoms with Gasteiger partial charge in [0.1, 0.15) is 5.75 Å². The Labute approximate surface area is 177 Å². The van der Waals surface area contributed by atoms with E-state index < -0.39 is 6.09 Å². The molecule has 1 atom stereocenters. The summed E-state index contributed by atoms with van der Waals surface area (Å²) in [6.07, 6.45) is 1.77. The number of carbonyl (C=O) groups excluding carboxylic acids is 2. The molecule has 1 fully saturated rings. The van der Waals surface area contributed by atoms with Crippen molar-refractivity contribution in [1.82, 2.24) is 10.2 Å². The van der Waals surface area contributed by atoms with Crippen molar-refractivity contribution in [3.8, 4) is 5.75 Å². The lowest BCUT2D eigenvalue weighted by molar-refractivity contribution is 0.0937. The highest BCUT2D eigenvalue weighted by atomic mass is 16.5. The first kappa shape index (κ1) is 21.6. The lowest BCUT2D eigenvalue weighted by Gasteiger charge is -2.29. The van der Waals surface area contributed by atoms with Crippen molar-refractivity contribution in [1.29, 1.82) is 0 Å². The highest BCUT2D eigenvalue weighted by Crippen LogP contribution is 2.31. The van der Waals surface area contributed by atoms with Crippen LogP contribution in [0.15, 0.2) is 48.5 Å². The van der Waals surface area contributed by atoms with Crippen LogP contribution in [0.25, 0.3) is 0 Å². The number of anilines is 1. The highest BCUT2D eigenvalue weighted by molar-refractivity contribution is 5.96. The maximum Gasteiger partial charge on any atom is 0.411 e. The fraction of sp³-hybridized carbons (Fsp3) is 0.391. The predicted molar refractivity (Wildman–Crippen MR) is 116 cm³/mol.